The lowest BCUT2D eigenvalue weighted by atomic mass is 10.2. The lowest BCUT2D eigenvalue weighted by Crippen LogP contribution is -2.36. The molecule has 0 saturated carbocycles. The lowest BCUT2D eigenvalue weighted by Gasteiger charge is -2.10. The first-order chi connectivity index (χ1) is 9.04. The van der Waals surface area contributed by atoms with Crippen molar-refractivity contribution in [3.05, 3.63) is 68.2 Å². The van der Waals surface area contributed by atoms with Gasteiger partial charge in [0.25, 0.3) is 5.56 Å². The van der Waals surface area contributed by atoms with E-state index in [-0.39, 0.29) is 17.1 Å². The molecule has 0 atom stereocenters. The highest BCUT2D eigenvalue weighted by atomic mass is 19.1. The van der Waals surface area contributed by atoms with Gasteiger partial charge >= 0.3 is 5.69 Å². The summed E-state index contributed by atoms with van der Waals surface area (Å²) in [5, 5.41) is 12.0. The summed E-state index contributed by atoms with van der Waals surface area (Å²) in [5.41, 5.74) is -1.21. The molecule has 6 nitrogen and oxygen atoms in total. The molecule has 0 aliphatic carbocycles. The summed E-state index contributed by atoms with van der Waals surface area (Å²) in [7, 11) is 0. The van der Waals surface area contributed by atoms with E-state index in [1.807, 2.05) is 4.98 Å². The molecule has 0 unspecified atom stereocenters. The van der Waals surface area contributed by atoms with Crippen molar-refractivity contribution < 1.29 is 9.60 Å². The Kier molecular flexibility index (Phi) is 3.28. The van der Waals surface area contributed by atoms with Gasteiger partial charge < -0.3 is 5.21 Å². The minimum absolute atomic E-state index is 0.0535. The molecule has 0 aliphatic heterocycles. The Labute approximate surface area is 106 Å². The number of rotatable bonds is 1. The van der Waals surface area contributed by atoms with E-state index in [0.717, 1.165) is 10.6 Å². The van der Waals surface area contributed by atoms with Gasteiger partial charge in [-0.3, -0.25) is 9.78 Å². The van der Waals surface area contributed by atoms with Gasteiger partial charge in [0.05, 0.1) is 5.56 Å². The van der Waals surface area contributed by atoms with Crippen LogP contribution in [0.25, 0.3) is 0 Å². The van der Waals surface area contributed by atoms with Crippen LogP contribution in [0.2, 0.25) is 0 Å². The Morgan fingerprint density at radius 2 is 2.05 bits per heavy atom. The number of aromatic amines is 1. The van der Waals surface area contributed by atoms with Crippen molar-refractivity contribution in [2.75, 3.05) is 0 Å². The number of aromatic nitrogens is 2. The molecule has 0 amide bonds. The van der Waals surface area contributed by atoms with Gasteiger partial charge in [-0.25, -0.2) is 13.8 Å². The second-order valence-electron chi connectivity index (χ2n) is 3.82. The zero-order valence-electron chi connectivity index (χ0n) is 9.92. The third kappa shape index (κ3) is 2.30. The molecule has 2 rings (SSSR count). The topological polar surface area (TPSA) is 87.5 Å². The molecule has 1 aromatic carbocycles. The number of nitrogens with zero attached hydrogens (tertiary/aromatic N) is 2. The third-order valence-electron chi connectivity index (χ3n) is 2.55. The summed E-state index contributed by atoms with van der Waals surface area (Å²) < 4.78 is 14.6. The molecule has 19 heavy (non-hydrogen) atoms. The van der Waals surface area contributed by atoms with Crippen LogP contribution in [0.1, 0.15) is 11.3 Å². The lowest BCUT2D eigenvalue weighted by molar-refractivity contribution is 0.316. The fraction of sp³-hybridized carbons (Fsp3) is 0.0833. The molecule has 98 valence electrons. The minimum atomic E-state index is -0.805. The van der Waals surface area contributed by atoms with Crippen molar-refractivity contribution in [2.24, 2.45) is 5.16 Å². The maximum Gasteiger partial charge on any atom is 0.334 e. The van der Waals surface area contributed by atoms with Gasteiger partial charge in [-0.1, -0.05) is 17.3 Å². The Morgan fingerprint density at radius 3 is 2.63 bits per heavy atom. The Bertz CT molecular complexity index is 761. The monoisotopic (exact) mass is 263 g/mol. The molecular formula is C12H10FN3O3. The van der Waals surface area contributed by atoms with E-state index in [9.17, 15) is 14.0 Å². The molecule has 1 heterocycles. The van der Waals surface area contributed by atoms with Crippen molar-refractivity contribution in [3.8, 4) is 0 Å². The first kappa shape index (κ1) is 12.7. The fourth-order valence-corrected chi connectivity index (χ4v) is 1.74. The van der Waals surface area contributed by atoms with Crippen LogP contribution >= 0.6 is 0 Å². The van der Waals surface area contributed by atoms with Gasteiger partial charge in [0.2, 0.25) is 0 Å². The number of benzene rings is 1. The zero-order valence-corrected chi connectivity index (χ0v) is 9.92. The van der Waals surface area contributed by atoms with Crippen LogP contribution in [-0.2, 0) is 0 Å². The van der Waals surface area contributed by atoms with E-state index in [1.165, 1.54) is 31.2 Å². The average molecular weight is 263 g/mol. The summed E-state index contributed by atoms with van der Waals surface area (Å²) in [4.78, 5) is 24.9. The van der Waals surface area contributed by atoms with E-state index < -0.39 is 17.1 Å². The minimum Gasteiger partial charge on any atom is -0.409 e. The first-order valence-electron chi connectivity index (χ1n) is 5.35. The molecule has 7 heteroatoms. The Hall–Kier alpha value is -2.70. The zero-order chi connectivity index (χ0) is 14.0. The number of hydrogen-bond donors (Lipinski definition) is 2. The molecule has 0 spiro atoms. The maximum atomic E-state index is 13.7. The SMILES string of the molecule is Cc1cc(=O)[nH]c(=O)n1/C(=N\O)c1ccccc1F. The second-order valence-corrected chi connectivity index (χ2v) is 3.82. The normalized spacial score (nSPS) is 11.6. The highest BCUT2D eigenvalue weighted by molar-refractivity contribution is 6.00. The van der Waals surface area contributed by atoms with E-state index in [4.69, 9.17) is 5.21 Å². The van der Waals surface area contributed by atoms with Crippen LogP contribution in [0.4, 0.5) is 4.39 Å². The van der Waals surface area contributed by atoms with Crippen molar-refractivity contribution >= 4 is 5.84 Å². The number of oxime groups is 1. The molecule has 0 saturated heterocycles. The van der Waals surface area contributed by atoms with Crippen LogP contribution in [-0.4, -0.2) is 20.6 Å². The number of hydrogen-bond acceptors (Lipinski definition) is 4. The van der Waals surface area contributed by atoms with Crippen LogP contribution < -0.4 is 11.2 Å². The van der Waals surface area contributed by atoms with Crippen molar-refractivity contribution in [3.63, 3.8) is 0 Å². The quantitative estimate of drug-likeness (QED) is 0.343. The number of nitrogens with one attached hydrogen (secondary N) is 1. The standard InChI is InChI=1S/C12H10FN3O3/c1-7-6-10(17)14-12(18)16(7)11(15-19)8-4-2-3-5-9(8)13/h2-6,19H,1H3,(H,14,17,18)/b15-11-. The summed E-state index contributed by atoms with van der Waals surface area (Å²) in [6.45, 7) is 1.47. The van der Waals surface area contributed by atoms with Gasteiger partial charge in [-0.05, 0) is 19.1 Å². The maximum absolute atomic E-state index is 13.7. The fourth-order valence-electron chi connectivity index (χ4n) is 1.74. The average Bonchev–Trinajstić information content (AvgIpc) is 2.34. The van der Waals surface area contributed by atoms with Crippen LogP contribution in [0.15, 0.2) is 45.1 Å². The third-order valence-corrected chi connectivity index (χ3v) is 2.55. The molecular weight excluding hydrogens is 253 g/mol. The summed E-state index contributed by atoms with van der Waals surface area (Å²) >= 11 is 0. The molecule has 0 radical (unpaired) electrons. The second kappa shape index (κ2) is 4.89. The number of aryl methyl sites for hydroxylation is 1. The summed E-state index contributed by atoms with van der Waals surface area (Å²) in [5.74, 6) is -0.940. The summed E-state index contributed by atoms with van der Waals surface area (Å²) in [6, 6.07) is 6.69. The predicted molar refractivity (Wildman–Crippen MR) is 66.2 cm³/mol. The number of H-pyrrole nitrogens is 1. The van der Waals surface area contributed by atoms with Crippen molar-refractivity contribution in [1.29, 1.82) is 0 Å². The molecule has 0 bridgehead atoms. The highest BCUT2D eigenvalue weighted by Crippen LogP contribution is 2.09. The van der Waals surface area contributed by atoms with E-state index >= 15 is 0 Å². The summed E-state index contributed by atoms with van der Waals surface area (Å²) in [6.07, 6.45) is 0. The molecule has 0 aliphatic rings. The number of halogens is 1. The molecule has 1 aromatic heterocycles. The van der Waals surface area contributed by atoms with Crippen molar-refractivity contribution in [2.45, 2.75) is 6.92 Å². The first-order valence-corrected chi connectivity index (χ1v) is 5.35. The smallest absolute Gasteiger partial charge is 0.334 e. The van der Waals surface area contributed by atoms with E-state index in [2.05, 4.69) is 5.16 Å². The Balaban J connectivity index is 2.73. The Morgan fingerprint density at radius 1 is 1.37 bits per heavy atom. The highest BCUT2D eigenvalue weighted by Gasteiger charge is 2.15. The predicted octanol–water partition coefficient (Wildman–Crippen LogP) is 0.668. The molecule has 0 fully saturated rings. The van der Waals surface area contributed by atoms with E-state index in [0.29, 0.717) is 0 Å². The van der Waals surface area contributed by atoms with Gasteiger partial charge in [-0.2, -0.15) is 0 Å². The van der Waals surface area contributed by atoms with Gasteiger partial charge in [0.1, 0.15) is 5.82 Å². The molecule has 2 aromatic rings. The van der Waals surface area contributed by atoms with Crippen LogP contribution in [0.3, 0.4) is 0 Å². The largest absolute Gasteiger partial charge is 0.409 e. The van der Waals surface area contributed by atoms with Crippen molar-refractivity contribution in [1.82, 2.24) is 9.55 Å². The van der Waals surface area contributed by atoms with E-state index in [1.54, 1.807) is 0 Å². The van der Waals surface area contributed by atoms with Gasteiger partial charge in [-0.15, -0.1) is 0 Å². The molecule has 2 N–H and O–H groups in total. The van der Waals surface area contributed by atoms with Gasteiger partial charge in [0.15, 0.2) is 5.84 Å². The van der Waals surface area contributed by atoms with Crippen LogP contribution in [0, 0.1) is 12.7 Å². The van der Waals surface area contributed by atoms with Gasteiger partial charge in [0, 0.05) is 11.8 Å². The van der Waals surface area contributed by atoms with Crippen LogP contribution in [0.5, 0.6) is 0 Å².